The second kappa shape index (κ2) is 5.80. The van der Waals surface area contributed by atoms with Crippen molar-refractivity contribution in [2.75, 3.05) is 0 Å². The topological polar surface area (TPSA) is 83.6 Å². The first-order valence-electron chi connectivity index (χ1n) is 5.45. The molecule has 104 valence electrons. The van der Waals surface area contributed by atoms with Crippen LogP contribution in [-0.2, 0) is 0 Å². The lowest BCUT2D eigenvalue weighted by molar-refractivity contribution is 0.0695. The molecule has 0 radical (unpaired) electrons. The van der Waals surface area contributed by atoms with E-state index in [0.717, 1.165) is 5.69 Å². The molecule has 0 saturated carbocycles. The highest BCUT2D eigenvalue weighted by atomic mass is 79.9. The van der Waals surface area contributed by atoms with Gasteiger partial charge in [-0.05, 0) is 62.6 Å². The van der Waals surface area contributed by atoms with E-state index >= 15 is 0 Å². The summed E-state index contributed by atoms with van der Waals surface area (Å²) >= 11 is 6.27. The molecule has 0 aliphatic carbocycles. The number of carboxylic acids is 1. The SMILES string of the molecule is Cc1cc(/C=C/c2cc(C(=O)O)c(Br)c(O)c2Br)on1. The molecule has 1 aromatic carbocycles. The number of aromatic carboxylic acids is 1. The third-order valence-corrected chi connectivity index (χ3v) is 4.15. The van der Waals surface area contributed by atoms with Gasteiger partial charge in [0.15, 0.2) is 5.76 Å². The van der Waals surface area contributed by atoms with E-state index in [0.29, 0.717) is 15.8 Å². The van der Waals surface area contributed by atoms with Gasteiger partial charge >= 0.3 is 5.97 Å². The Morgan fingerprint density at radius 3 is 2.55 bits per heavy atom. The monoisotopic (exact) mass is 401 g/mol. The van der Waals surface area contributed by atoms with Crippen LogP contribution < -0.4 is 0 Å². The molecular formula is C13H9Br2NO4. The zero-order valence-corrected chi connectivity index (χ0v) is 13.4. The Kier molecular flexibility index (Phi) is 4.29. The fourth-order valence-electron chi connectivity index (χ4n) is 1.55. The average molecular weight is 403 g/mol. The van der Waals surface area contributed by atoms with Gasteiger partial charge in [0, 0.05) is 6.07 Å². The highest BCUT2D eigenvalue weighted by molar-refractivity contribution is 9.11. The largest absolute Gasteiger partial charge is 0.506 e. The summed E-state index contributed by atoms with van der Waals surface area (Å²) in [6.07, 6.45) is 3.27. The Bertz CT molecular complexity index is 707. The van der Waals surface area contributed by atoms with Crippen LogP contribution in [0.15, 0.2) is 25.6 Å². The number of aromatic nitrogens is 1. The summed E-state index contributed by atoms with van der Waals surface area (Å²) in [6.45, 7) is 1.80. The van der Waals surface area contributed by atoms with Crippen LogP contribution in [0.3, 0.4) is 0 Å². The summed E-state index contributed by atoms with van der Waals surface area (Å²) in [5, 5.41) is 22.7. The zero-order chi connectivity index (χ0) is 14.9. The van der Waals surface area contributed by atoms with Gasteiger partial charge in [0.1, 0.15) is 5.75 Å². The van der Waals surface area contributed by atoms with Gasteiger partial charge in [-0.3, -0.25) is 0 Å². The lowest BCUT2D eigenvalue weighted by Gasteiger charge is -2.07. The number of benzene rings is 1. The fraction of sp³-hybridized carbons (Fsp3) is 0.0769. The van der Waals surface area contributed by atoms with Crippen LogP contribution in [0.5, 0.6) is 5.75 Å². The van der Waals surface area contributed by atoms with Crippen molar-refractivity contribution in [1.29, 1.82) is 0 Å². The molecule has 0 amide bonds. The predicted octanol–water partition coefficient (Wildman–Crippen LogP) is 4.08. The zero-order valence-electron chi connectivity index (χ0n) is 10.2. The third kappa shape index (κ3) is 2.94. The second-order valence-electron chi connectivity index (χ2n) is 4.00. The molecular weight excluding hydrogens is 394 g/mol. The Balaban J connectivity index is 2.46. The number of carbonyl (C=O) groups is 1. The predicted molar refractivity (Wildman–Crippen MR) is 80.6 cm³/mol. The summed E-state index contributed by atoms with van der Waals surface area (Å²) < 4.78 is 5.54. The highest BCUT2D eigenvalue weighted by Gasteiger charge is 2.17. The molecule has 0 fully saturated rings. The van der Waals surface area contributed by atoms with Crippen LogP contribution in [0.1, 0.15) is 27.4 Å². The summed E-state index contributed by atoms with van der Waals surface area (Å²) in [7, 11) is 0. The first kappa shape index (κ1) is 14.8. The molecule has 2 N–H and O–H groups in total. The molecule has 0 bridgehead atoms. The van der Waals surface area contributed by atoms with Crippen LogP contribution >= 0.6 is 31.9 Å². The van der Waals surface area contributed by atoms with Crippen LogP contribution in [0.4, 0.5) is 0 Å². The molecule has 0 aliphatic heterocycles. The number of hydrogen-bond acceptors (Lipinski definition) is 4. The molecule has 1 aromatic heterocycles. The van der Waals surface area contributed by atoms with Crippen LogP contribution in [0.25, 0.3) is 12.2 Å². The number of phenolic OH excluding ortho intramolecular Hbond substituents is 1. The van der Waals surface area contributed by atoms with E-state index in [1.54, 1.807) is 25.1 Å². The minimum absolute atomic E-state index is 0.0286. The van der Waals surface area contributed by atoms with E-state index in [4.69, 9.17) is 9.63 Å². The number of aryl methyl sites for hydroxylation is 1. The fourth-order valence-corrected chi connectivity index (χ4v) is 2.75. The van der Waals surface area contributed by atoms with Gasteiger partial charge in [0.2, 0.25) is 0 Å². The maximum absolute atomic E-state index is 11.1. The minimum atomic E-state index is -1.13. The number of phenols is 1. The first-order valence-corrected chi connectivity index (χ1v) is 7.04. The Morgan fingerprint density at radius 1 is 1.30 bits per heavy atom. The van der Waals surface area contributed by atoms with Crippen molar-refractivity contribution in [2.24, 2.45) is 0 Å². The minimum Gasteiger partial charge on any atom is -0.506 e. The van der Waals surface area contributed by atoms with E-state index in [1.165, 1.54) is 6.07 Å². The van der Waals surface area contributed by atoms with Crippen LogP contribution in [-0.4, -0.2) is 21.3 Å². The van der Waals surface area contributed by atoms with Gasteiger partial charge in [0.25, 0.3) is 0 Å². The number of hydrogen-bond donors (Lipinski definition) is 2. The molecule has 20 heavy (non-hydrogen) atoms. The third-order valence-electron chi connectivity index (χ3n) is 2.51. The number of rotatable bonds is 3. The van der Waals surface area contributed by atoms with E-state index in [2.05, 4.69) is 37.0 Å². The molecule has 0 spiro atoms. The van der Waals surface area contributed by atoms with Crippen LogP contribution in [0, 0.1) is 6.92 Å². The molecule has 1 heterocycles. The number of nitrogens with zero attached hydrogens (tertiary/aromatic N) is 1. The maximum atomic E-state index is 11.1. The molecule has 0 atom stereocenters. The van der Waals surface area contributed by atoms with E-state index in [1.807, 2.05) is 0 Å². The number of aromatic hydroxyl groups is 1. The molecule has 2 rings (SSSR count). The first-order chi connectivity index (χ1) is 9.40. The Morgan fingerprint density at radius 2 is 2.00 bits per heavy atom. The van der Waals surface area contributed by atoms with Crippen molar-refractivity contribution in [3.8, 4) is 5.75 Å². The van der Waals surface area contributed by atoms with Gasteiger partial charge in [-0.25, -0.2) is 4.79 Å². The molecule has 0 unspecified atom stereocenters. The quantitative estimate of drug-likeness (QED) is 0.807. The van der Waals surface area contributed by atoms with Gasteiger partial charge in [-0.2, -0.15) is 0 Å². The summed E-state index contributed by atoms with van der Waals surface area (Å²) in [6, 6.07) is 3.18. The Hall–Kier alpha value is -1.60. The normalized spacial score (nSPS) is 11.2. The second-order valence-corrected chi connectivity index (χ2v) is 5.59. The van der Waals surface area contributed by atoms with E-state index in [9.17, 15) is 9.90 Å². The number of halogens is 2. The van der Waals surface area contributed by atoms with Crippen molar-refractivity contribution in [3.05, 3.63) is 43.7 Å². The molecule has 0 saturated heterocycles. The highest BCUT2D eigenvalue weighted by Crippen LogP contribution is 2.38. The maximum Gasteiger partial charge on any atom is 0.337 e. The standard InChI is InChI=1S/C13H9Br2NO4/c1-6-4-8(20-16-6)3-2-7-5-9(13(18)19)11(15)12(17)10(7)14/h2-5,17H,1H3,(H,18,19)/b3-2+. The van der Waals surface area contributed by atoms with E-state index in [-0.39, 0.29) is 15.8 Å². The molecule has 0 aliphatic rings. The van der Waals surface area contributed by atoms with Gasteiger partial charge in [0.05, 0.1) is 20.2 Å². The summed E-state index contributed by atoms with van der Waals surface area (Å²) in [5.74, 6) is -0.767. The number of carboxylic acid groups (broad SMARTS) is 1. The van der Waals surface area contributed by atoms with Gasteiger partial charge in [-0.15, -0.1) is 0 Å². The molecule has 2 aromatic rings. The lowest BCUT2D eigenvalue weighted by atomic mass is 10.1. The smallest absolute Gasteiger partial charge is 0.337 e. The van der Waals surface area contributed by atoms with Gasteiger partial charge < -0.3 is 14.7 Å². The van der Waals surface area contributed by atoms with Crippen molar-refractivity contribution in [3.63, 3.8) is 0 Å². The molecule has 7 heteroatoms. The van der Waals surface area contributed by atoms with Gasteiger partial charge in [-0.1, -0.05) is 5.16 Å². The Labute approximate surface area is 131 Å². The van der Waals surface area contributed by atoms with Crippen molar-refractivity contribution < 1.29 is 19.5 Å². The van der Waals surface area contributed by atoms with Crippen molar-refractivity contribution in [2.45, 2.75) is 6.92 Å². The lowest BCUT2D eigenvalue weighted by Crippen LogP contribution is -1.99. The van der Waals surface area contributed by atoms with Crippen LogP contribution in [0.2, 0.25) is 0 Å². The van der Waals surface area contributed by atoms with E-state index < -0.39 is 5.97 Å². The van der Waals surface area contributed by atoms with Crippen molar-refractivity contribution in [1.82, 2.24) is 5.16 Å². The van der Waals surface area contributed by atoms with Crippen molar-refractivity contribution >= 4 is 50.0 Å². The summed E-state index contributed by atoms with van der Waals surface area (Å²) in [5.41, 5.74) is 1.23. The average Bonchev–Trinajstić information content (AvgIpc) is 2.80. The molecule has 5 nitrogen and oxygen atoms in total. The summed E-state index contributed by atoms with van der Waals surface area (Å²) in [4.78, 5) is 11.1.